The van der Waals surface area contributed by atoms with Gasteiger partial charge in [0.25, 0.3) is 0 Å². The zero-order chi connectivity index (χ0) is 26.2. The number of rotatable bonds is 4. The van der Waals surface area contributed by atoms with Crippen molar-refractivity contribution in [3.63, 3.8) is 0 Å². The van der Waals surface area contributed by atoms with Crippen LogP contribution in [0.3, 0.4) is 0 Å². The molecule has 5 aliphatic carbocycles. The Morgan fingerprint density at radius 3 is 2.06 bits per heavy atom. The molecule has 0 aromatic carbocycles. The normalized spacial score (nSPS) is 48.1. The second-order valence-corrected chi connectivity index (χ2v) is 15.5. The smallest absolute Gasteiger partial charge is 0.390 e. The van der Waals surface area contributed by atoms with Gasteiger partial charge in [0.1, 0.15) is 0 Å². The quantitative estimate of drug-likeness (QED) is 0.397. The third-order valence-corrected chi connectivity index (χ3v) is 13.2. The van der Waals surface area contributed by atoms with Crippen molar-refractivity contribution in [1.82, 2.24) is 0 Å². The molecule has 5 aliphatic rings. The summed E-state index contributed by atoms with van der Waals surface area (Å²) >= 11 is 0. The Labute approximate surface area is 217 Å². The third kappa shape index (κ3) is 4.48. The minimum atomic E-state index is -4.52. The van der Waals surface area contributed by atoms with E-state index in [0.717, 1.165) is 63.7 Å². The summed E-state index contributed by atoms with van der Waals surface area (Å²) in [6.07, 6.45) is 9.96. The number of halogens is 3. The fourth-order valence-electron chi connectivity index (χ4n) is 10.4. The van der Waals surface area contributed by atoms with Gasteiger partial charge in [0, 0.05) is 0 Å². The predicted octanol–water partition coefficient (Wildman–Crippen LogP) is 8.44. The second-order valence-electron chi connectivity index (χ2n) is 15.5. The lowest BCUT2D eigenvalue weighted by molar-refractivity contribution is -0.290. The van der Waals surface area contributed by atoms with Crippen LogP contribution in [0, 0.1) is 45.8 Å². The fourth-order valence-corrected chi connectivity index (χ4v) is 10.4. The first-order chi connectivity index (χ1) is 16.6. The summed E-state index contributed by atoms with van der Waals surface area (Å²) in [7, 11) is 0. The van der Waals surface area contributed by atoms with Gasteiger partial charge < -0.3 is 10.2 Å². The number of alkyl halides is 3. The molecule has 0 aromatic heterocycles. The van der Waals surface area contributed by atoms with E-state index in [1.54, 1.807) is 0 Å². The second kappa shape index (κ2) is 8.86. The molecule has 5 heteroatoms. The van der Waals surface area contributed by atoms with Crippen LogP contribution in [-0.4, -0.2) is 27.6 Å². The van der Waals surface area contributed by atoms with Gasteiger partial charge in [0.15, 0.2) is 5.60 Å². The molecule has 5 rings (SSSR count). The minimum Gasteiger partial charge on any atom is -0.390 e. The molecule has 8 atom stereocenters. The van der Waals surface area contributed by atoms with Crippen LogP contribution in [-0.2, 0) is 0 Å². The molecule has 0 heterocycles. The molecule has 0 saturated heterocycles. The molecular formula is C31H51F3O2. The van der Waals surface area contributed by atoms with Gasteiger partial charge in [-0.3, -0.25) is 0 Å². The highest BCUT2D eigenvalue weighted by molar-refractivity contribution is 5.11. The minimum absolute atomic E-state index is 0.0121. The summed E-state index contributed by atoms with van der Waals surface area (Å²) in [5.41, 5.74) is -2.28. The first-order valence-corrected chi connectivity index (χ1v) is 15.1. The Hall–Kier alpha value is -0.290. The van der Waals surface area contributed by atoms with Gasteiger partial charge in [0.05, 0.1) is 5.60 Å². The predicted molar refractivity (Wildman–Crippen MR) is 137 cm³/mol. The van der Waals surface area contributed by atoms with Crippen LogP contribution in [0.25, 0.3) is 0 Å². The molecule has 0 spiro atoms. The van der Waals surface area contributed by atoms with Crippen molar-refractivity contribution in [2.75, 3.05) is 0 Å². The molecule has 0 aliphatic heterocycles. The first kappa shape index (κ1) is 27.3. The molecule has 5 saturated carbocycles. The van der Waals surface area contributed by atoms with E-state index in [4.69, 9.17) is 0 Å². The van der Waals surface area contributed by atoms with Gasteiger partial charge in [-0.1, -0.05) is 34.1 Å². The molecular weight excluding hydrogens is 461 g/mol. The largest absolute Gasteiger partial charge is 0.417 e. The van der Waals surface area contributed by atoms with Gasteiger partial charge in [-0.05, 0) is 142 Å². The van der Waals surface area contributed by atoms with Crippen LogP contribution in [0.5, 0.6) is 0 Å². The number of fused-ring (bicyclic) bond motifs is 5. The first-order valence-electron chi connectivity index (χ1n) is 15.1. The van der Waals surface area contributed by atoms with E-state index in [0.29, 0.717) is 35.0 Å². The Morgan fingerprint density at radius 1 is 0.722 bits per heavy atom. The van der Waals surface area contributed by atoms with Crippen LogP contribution < -0.4 is 0 Å². The summed E-state index contributed by atoms with van der Waals surface area (Å²) in [6, 6.07) is 0. The monoisotopic (exact) mass is 512 g/mol. The van der Waals surface area contributed by atoms with E-state index >= 15 is 0 Å². The number of aliphatic hydroxyl groups is 2. The molecule has 0 aromatic rings. The van der Waals surface area contributed by atoms with E-state index < -0.39 is 17.4 Å². The van der Waals surface area contributed by atoms with E-state index in [2.05, 4.69) is 27.7 Å². The maximum atomic E-state index is 13.6. The molecule has 0 amide bonds. The summed E-state index contributed by atoms with van der Waals surface area (Å²) in [5, 5.41) is 21.6. The highest BCUT2D eigenvalue weighted by Gasteiger charge is 2.65. The number of hydrogen-bond donors (Lipinski definition) is 2. The van der Waals surface area contributed by atoms with Gasteiger partial charge in [-0.15, -0.1) is 0 Å². The maximum Gasteiger partial charge on any atom is 0.417 e. The fraction of sp³-hybridized carbons (Fsp3) is 1.00. The van der Waals surface area contributed by atoms with Crippen molar-refractivity contribution in [2.24, 2.45) is 45.8 Å². The molecule has 36 heavy (non-hydrogen) atoms. The van der Waals surface area contributed by atoms with Crippen LogP contribution >= 0.6 is 0 Å². The van der Waals surface area contributed by atoms with E-state index in [-0.39, 0.29) is 24.2 Å². The van der Waals surface area contributed by atoms with Crippen molar-refractivity contribution in [3.8, 4) is 0 Å². The highest BCUT2D eigenvalue weighted by Crippen LogP contribution is 2.69. The zero-order valence-electron chi connectivity index (χ0n) is 23.2. The van der Waals surface area contributed by atoms with Crippen LogP contribution in [0.15, 0.2) is 0 Å². The summed E-state index contributed by atoms with van der Waals surface area (Å²) < 4.78 is 40.9. The average molecular weight is 513 g/mol. The van der Waals surface area contributed by atoms with Gasteiger partial charge >= 0.3 is 6.18 Å². The van der Waals surface area contributed by atoms with Crippen molar-refractivity contribution >= 4 is 0 Å². The molecule has 5 fully saturated rings. The summed E-state index contributed by atoms with van der Waals surface area (Å²) in [5.74, 6) is 2.55. The van der Waals surface area contributed by atoms with Crippen molar-refractivity contribution in [3.05, 3.63) is 0 Å². The highest BCUT2D eigenvalue weighted by atomic mass is 19.4. The SMILES string of the molecule is CC1(C)CCC(O)(CCC[C@H]2CCC3[C@@H]4CC[C@H]5C[C@](O)(C(F)(F)F)CC[C@]5(C)C4CC[C@@]32C)CC1. The standard InChI is InChI=1S/C31H51F3O2/c1-26(2)14-17-29(35,18-15-26)12-5-6-21-8-10-24-23-9-7-22-20-30(36,31(32,33)34)19-16-28(22,4)25(23)11-13-27(21,24)3/h21-25,35-36H,5-20H2,1-4H3/t21-,22-,23-,24?,25?,27+,28-,30-/m0/s1. The Kier molecular flexibility index (Phi) is 6.72. The van der Waals surface area contributed by atoms with Gasteiger partial charge in [-0.25, -0.2) is 0 Å². The number of hydrogen-bond acceptors (Lipinski definition) is 2. The van der Waals surface area contributed by atoms with E-state index in [1.165, 1.54) is 25.7 Å². The third-order valence-electron chi connectivity index (χ3n) is 13.2. The Morgan fingerprint density at radius 2 is 1.39 bits per heavy atom. The van der Waals surface area contributed by atoms with Crippen molar-refractivity contribution in [1.29, 1.82) is 0 Å². The summed E-state index contributed by atoms with van der Waals surface area (Å²) in [6.45, 7) is 9.44. The Bertz CT molecular complexity index is 813. The van der Waals surface area contributed by atoms with Crippen LogP contribution in [0.2, 0.25) is 0 Å². The van der Waals surface area contributed by atoms with Crippen molar-refractivity contribution < 1.29 is 23.4 Å². The molecule has 0 bridgehead atoms. The molecule has 2 N–H and O–H groups in total. The molecule has 2 nitrogen and oxygen atoms in total. The molecule has 208 valence electrons. The lowest BCUT2D eigenvalue weighted by Crippen LogP contribution is -2.59. The van der Waals surface area contributed by atoms with Gasteiger partial charge in [-0.2, -0.15) is 13.2 Å². The van der Waals surface area contributed by atoms with Crippen LogP contribution in [0.4, 0.5) is 13.2 Å². The van der Waals surface area contributed by atoms with Gasteiger partial charge in [0.2, 0.25) is 0 Å². The van der Waals surface area contributed by atoms with Crippen molar-refractivity contribution in [2.45, 2.75) is 148 Å². The van der Waals surface area contributed by atoms with E-state index in [9.17, 15) is 23.4 Å². The molecule has 2 unspecified atom stereocenters. The maximum absolute atomic E-state index is 13.6. The lowest BCUT2D eigenvalue weighted by Gasteiger charge is -2.62. The molecule has 0 radical (unpaired) electrons. The van der Waals surface area contributed by atoms with Crippen LogP contribution in [0.1, 0.15) is 130 Å². The topological polar surface area (TPSA) is 40.5 Å². The van der Waals surface area contributed by atoms with E-state index in [1.807, 2.05) is 0 Å². The lowest BCUT2D eigenvalue weighted by atomic mass is 9.43. The summed E-state index contributed by atoms with van der Waals surface area (Å²) in [4.78, 5) is 0. The zero-order valence-corrected chi connectivity index (χ0v) is 23.2. The average Bonchev–Trinajstić information content (AvgIpc) is 3.12. The Balaban J connectivity index is 1.21.